The fourth-order valence-corrected chi connectivity index (χ4v) is 3.56. The van der Waals surface area contributed by atoms with Gasteiger partial charge in [-0.3, -0.25) is 14.5 Å². The lowest BCUT2D eigenvalue weighted by molar-refractivity contribution is -0.138. The second kappa shape index (κ2) is 8.09. The third-order valence-electron chi connectivity index (χ3n) is 3.89. The third-order valence-corrected chi connectivity index (χ3v) is 5.09. The van der Waals surface area contributed by atoms with Crippen molar-refractivity contribution >= 4 is 28.9 Å². The zero-order chi connectivity index (χ0) is 19.4. The van der Waals surface area contributed by atoms with Gasteiger partial charge in [-0.2, -0.15) is 0 Å². The second-order valence-electron chi connectivity index (χ2n) is 5.75. The van der Waals surface area contributed by atoms with E-state index in [2.05, 4.69) is 9.72 Å². The molecule has 3 rings (SSSR count). The van der Waals surface area contributed by atoms with Crippen LogP contribution in [0.15, 0.2) is 54.6 Å². The van der Waals surface area contributed by atoms with Crippen LogP contribution in [0.3, 0.4) is 0 Å². The lowest BCUT2D eigenvalue weighted by Crippen LogP contribution is -2.36. The van der Waals surface area contributed by atoms with Gasteiger partial charge in [0.2, 0.25) is 0 Å². The van der Waals surface area contributed by atoms with Gasteiger partial charge in [-0.15, -0.1) is 11.3 Å². The van der Waals surface area contributed by atoms with Crippen LogP contribution in [0.25, 0.3) is 10.6 Å². The molecule has 0 atom stereocenters. The number of esters is 1. The Bertz CT molecular complexity index is 972. The smallest absolute Gasteiger partial charge is 0.325 e. The highest BCUT2D eigenvalue weighted by Gasteiger charge is 2.25. The summed E-state index contributed by atoms with van der Waals surface area (Å²) in [6.45, 7) is 1.41. The minimum Gasteiger partial charge on any atom is -0.468 e. The lowest BCUT2D eigenvalue weighted by atomic mass is 10.2. The Kier molecular flexibility index (Phi) is 5.61. The van der Waals surface area contributed by atoms with Gasteiger partial charge in [0.1, 0.15) is 22.2 Å². The SMILES string of the molecule is COC(=O)CN(C(=O)c1sc(-c2ccccc2)nc1C)c1cccc(F)c1. The molecule has 0 aliphatic heterocycles. The van der Waals surface area contributed by atoms with Crippen molar-refractivity contribution in [3.8, 4) is 10.6 Å². The van der Waals surface area contributed by atoms with E-state index in [9.17, 15) is 14.0 Å². The van der Waals surface area contributed by atoms with E-state index in [4.69, 9.17) is 0 Å². The van der Waals surface area contributed by atoms with Crippen LogP contribution in [0, 0.1) is 12.7 Å². The van der Waals surface area contributed by atoms with Crippen molar-refractivity contribution in [2.45, 2.75) is 6.92 Å². The first-order chi connectivity index (χ1) is 13.0. The van der Waals surface area contributed by atoms with Crippen molar-refractivity contribution in [3.05, 3.63) is 71.0 Å². The first-order valence-corrected chi connectivity index (χ1v) is 8.98. The van der Waals surface area contributed by atoms with Gasteiger partial charge in [0.05, 0.1) is 12.8 Å². The Hall–Kier alpha value is -3.06. The number of aryl methyl sites for hydroxylation is 1. The lowest BCUT2D eigenvalue weighted by Gasteiger charge is -2.21. The second-order valence-corrected chi connectivity index (χ2v) is 6.75. The van der Waals surface area contributed by atoms with Crippen LogP contribution in [0.1, 0.15) is 15.4 Å². The maximum atomic E-state index is 13.7. The van der Waals surface area contributed by atoms with Gasteiger partial charge in [-0.1, -0.05) is 36.4 Å². The van der Waals surface area contributed by atoms with Crippen molar-refractivity contribution in [2.24, 2.45) is 0 Å². The zero-order valence-corrected chi connectivity index (χ0v) is 15.6. The summed E-state index contributed by atoms with van der Waals surface area (Å²) >= 11 is 1.23. The molecule has 27 heavy (non-hydrogen) atoms. The van der Waals surface area contributed by atoms with Crippen LogP contribution < -0.4 is 4.90 Å². The average Bonchev–Trinajstić information content (AvgIpc) is 3.07. The van der Waals surface area contributed by atoms with Crippen LogP contribution in [-0.2, 0) is 9.53 Å². The van der Waals surface area contributed by atoms with Crippen molar-refractivity contribution < 1.29 is 18.7 Å². The van der Waals surface area contributed by atoms with Crippen molar-refractivity contribution in [3.63, 3.8) is 0 Å². The largest absolute Gasteiger partial charge is 0.468 e. The molecule has 3 aromatic rings. The Labute approximate surface area is 160 Å². The maximum Gasteiger partial charge on any atom is 0.325 e. The van der Waals surface area contributed by atoms with Crippen LogP contribution in [-0.4, -0.2) is 30.5 Å². The molecular weight excluding hydrogens is 367 g/mol. The average molecular weight is 384 g/mol. The molecule has 0 radical (unpaired) electrons. The molecule has 0 unspecified atom stereocenters. The van der Waals surface area contributed by atoms with Gasteiger partial charge >= 0.3 is 5.97 Å². The maximum absolute atomic E-state index is 13.7. The van der Waals surface area contributed by atoms with E-state index in [0.717, 1.165) is 5.56 Å². The Balaban J connectivity index is 1.99. The monoisotopic (exact) mass is 384 g/mol. The number of amides is 1. The molecule has 1 amide bonds. The van der Waals surface area contributed by atoms with E-state index in [1.54, 1.807) is 13.0 Å². The third kappa shape index (κ3) is 4.20. The molecule has 0 saturated carbocycles. The highest BCUT2D eigenvalue weighted by molar-refractivity contribution is 7.17. The minimum absolute atomic E-state index is 0.277. The first kappa shape index (κ1) is 18.7. The molecule has 0 N–H and O–H groups in total. The number of carbonyl (C=O) groups excluding carboxylic acids is 2. The number of methoxy groups -OCH3 is 1. The highest BCUT2D eigenvalue weighted by atomic mass is 32.1. The summed E-state index contributed by atoms with van der Waals surface area (Å²) in [6.07, 6.45) is 0. The van der Waals surface area contributed by atoms with E-state index < -0.39 is 17.7 Å². The molecular formula is C20H17FN2O3S. The molecule has 0 aliphatic carbocycles. The number of thiazole rings is 1. The van der Waals surface area contributed by atoms with Crippen LogP contribution in [0.2, 0.25) is 0 Å². The van der Waals surface area contributed by atoms with Gasteiger partial charge < -0.3 is 4.74 Å². The number of hydrogen-bond acceptors (Lipinski definition) is 5. The molecule has 138 valence electrons. The number of anilines is 1. The summed E-state index contributed by atoms with van der Waals surface area (Å²) in [5.41, 5.74) is 1.73. The molecule has 0 saturated heterocycles. The first-order valence-electron chi connectivity index (χ1n) is 8.16. The number of nitrogens with zero attached hydrogens (tertiary/aromatic N) is 2. The number of aromatic nitrogens is 1. The quantitative estimate of drug-likeness (QED) is 0.622. The Morgan fingerprint density at radius 2 is 1.89 bits per heavy atom. The summed E-state index contributed by atoms with van der Waals surface area (Å²) < 4.78 is 18.3. The molecule has 5 nitrogen and oxygen atoms in total. The van der Waals surface area contributed by atoms with E-state index in [-0.39, 0.29) is 12.2 Å². The number of benzene rings is 2. The van der Waals surface area contributed by atoms with Gasteiger partial charge in [-0.05, 0) is 25.1 Å². The minimum atomic E-state index is -0.599. The predicted molar refractivity (Wildman–Crippen MR) is 102 cm³/mol. The van der Waals surface area contributed by atoms with E-state index in [1.807, 2.05) is 30.3 Å². The topological polar surface area (TPSA) is 59.5 Å². The molecule has 2 aromatic carbocycles. The van der Waals surface area contributed by atoms with Crippen molar-refractivity contribution in [1.29, 1.82) is 0 Å². The van der Waals surface area contributed by atoms with Crippen LogP contribution in [0.5, 0.6) is 0 Å². The van der Waals surface area contributed by atoms with E-state index >= 15 is 0 Å². The molecule has 0 spiro atoms. The van der Waals surface area contributed by atoms with Gasteiger partial charge in [0.25, 0.3) is 5.91 Å². The number of carbonyl (C=O) groups is 2. The highest BCUT2D eigenvalue weighted by Crippen LogP contribution is 2.30. The van der Waals surface area contributed by atoms with Crippen LogP contribution in [0.4, 0.5) is 10.1 Å². The molecule has 7 heteroatoms. The van der Waals surface area contributed by atoms with Gasteiger partial charge in [-0.25, -0.2) is 9.37 Å². The fourth-order valence-electron chi connectivity index (χ4n) is 2.54. The number of halogens is 1. The summed E-state index contributed by atoms with van der Waals surface area (Å²) in [5.74, 6) is -1.53. The Morgan fingerprint density at radius 3 is 2.56 bits per heavy atom. The normalized spacial score (nSPS) is 10.5. The standard InChI is InChI=1S/C20H17FN2O3S/c1-13-18(27-19(22-13)14-7-4-3-5-8-14)20(25)23(12-17(24)26-2)16-10-6-9-15(21)11-16/h3-11H,12H2,1-2H3. The summed E-state index contributed by atoms with van der Waals surface area (Å²) in [4.78, 5) is 31.0. The molecule has 0 fully saturated rings. The number of ether oxygens (including phenoxy) is 1. The number of rotatable bonds is 5. The van der Waals surface area contributed by atoms with Crippen molar-refractivity contribution in [1.82, 2.24) is 4.98 Å². The molecule has 1 aromatic heterocycles. The summed E-state index contributed by atoms with van der Waals surface area (Å²) in [7, 11) is 1.24. The van der Waals surface area contributed by atoms with E-state index in [1.165, 1.54) is 41.5 Å². The molecule has 0 aliphatic rings. The van der Waals surface area contributed by atoms with Gasteiger partial charge in [0.15, 0.2) is 0 Å². The van der Waals surface area contributed by atoms with Crippen LogP contribution >= 0.6 is 11.3 Å². The summed E-state index contributed by atoms with van der Waals surface area (Å²) in [5, 5.41) is 0.703. The van der Waals surface area contributed by atoms with E-state index in [0.29, 0.717) is 15.6 Å². The number of hydrogen-bond donors (Lipinski definition) is 0. The summed E-state index contributed by atoms with van der Waals surface area (Å²) in [6, 6.07) is 15.0. The van der Waals surface area contributed by atoms with Gasteiger partial charge in [0, 0.05) is 11.3 Å². The predicted octanol–water partition coefficient (Wildman–Crippen LogP) is 4.08. The molecule has 1 heterocycles. The fraction of sp³-hybridized carbons (Fsp3) is 0.150. The zero-order valence-electron chi connectivity index (χ0n) is 14.8. The molecule has 0 bridgehead atoms. The Morgan fingerprint density at radius 1 is 1.15 bits per heavy atom. The van der Waals surface area contributed by atoms with Crippen molar-refractivity contribution in [2.75, 3.05) is 18.6 Å².